The Bertz CT molecular complexity index is 1230. The number of hydrogen-bond acceptors (Lipinski definition) is 7. The van der Waals surface area contributed by atoms with Crippen molar-refractivity contribution in [3.05, 3.63) is 64.2 Å². The van der Waals surface area contributed by atoms with Gasteiger partial charge in [-0.1, -0.05) is 18.2 Å². The predicted octanol–water partition coefficient (Wildman–Crippen LogP) is 4.81. The van der Waals surface area contributed by atoms with E-state index in [1.54, 1.807) is 29.5 Å². The van der Waals surface area contributed by atoms with Crippen molar-refractivity contribution >= 4 is 26.3 Å². The zero-order chi connectivity index (χ0) is 23.6. The molecule has 0 spiro atoms. The fraction of sp³-hybridized carbons (Fsp3) is 0.400. The molecule has 2 aromatic carbocycles. The van der Waals surface area contributed by atoms with Crippen LogP contribution in [-0.2, 0) is 16.3 Å². The van der Waals surface area contributed by atoms with Crippen LogP contribution in [0.5, 0.6) is 11.5 Å². The number of sulfone groups is 1. The summed E-state index contributed by atoms with van der Waals surface area (Å²) in [5, 5.41) is 2.62. The highest BCUT2D eigenvalue weighted by atomic mass is 32.2. The summed E-state index contributed by atoms with van der Waals surface area (Å²) in [5.41, 5.74) is 4.95. The van der Waals surface area contributed by atoms with E-state index in [9.17, 15) is 8.42 Å². The first kappa shape index (κ1) is 23.6. The van der Waals surface area contributed by atoms with E-state index in [0.717, 1.165) is 17.2 Å². The van der Waals surface area contributed by atoms with Crippen molar-refractivity contribution in [1.82, 2.24) is 4.98 Å². The van der Waals surface area contributed by atoms with Crippen molar-refractivity contribution in [2.24, 2.45) is 0 Å². The summed E-state index contributed by atoms with van der Waals surface area (Å²) in [6.45, 7) is 5.60. The molecule has 0 saturated carbocycles. The summed E-state index contributed by atoms with van der Waals surface area (Å²) in [6, 6.07) is 11.3. The summed E-state index contributed by atoms with van der Waals surface area (Å²) < 4.78 is 37.3. The monoisotopic (exact) mass is 486 g/mol. The van der Waals surface area contributed by atoms with Gasteiger partial charge in [-0.2, -0.15) is 0 Å². The molecule has 0 atom stereocenters. The molecule has 0 aliphatic carbocycles. The lowest BCUT2D eigenvalue weighted by molar-refractivity contribution is 0.391. The Balaban J connectivity index is 1.45. The van der Waals surface area contributed by atoms with E-state index in [-0.39, 0.29) is 4.90 Å². The van der Waals surface area contributed by atoms with Gasteiger partial charge in [0.25, 0.3) is 0 Å². The number of piperidine rings is 1. The van der Waals surface area contributed by atoms with Gasteiger partial charge in [-0.05, 0) is 55.5 Å². The van der Waals surface area contributed by atoms with Crippen molar-refractivity contribution in [2.45, 2.75) is 43.3 Å². The van der Waals surface area contributed by atoms with Gasteiger partial charge in [0.1, 0.15) is 16.4 Å². The van der Waals surface area contributed by atoms with Crippen LogP contribution in [0.4, 0.5) is 5.13 Å². The second-order valence-corrected chi connectivity index (χ2v) is 11.4. The van der Waals surface area contributed by atoms with Gasteiger partial charge in [-0.15, -0.1) is 11.3 Å². The number of ether oxygens (including phenoxy) is 2. The number of methoxy groups -OCH3 is 2. The molecule has 0 N–H and O–H groups in total. The first-order chi connectivity index (χ1) is 15.8. The average Bonchev–Trinajstić information content (AvgIpc) is 3.30. The van der Waals surface area contributed by atoms with Crippen molar-refractivity contribution in [2.75, 3.05) is 32.2 Å². The van der Waals surface area contributed by atoms with E-state index >= 15 is 0 Å². The van der Waals surface area contributed by atoms with Gasteiger partial charge in [-0.3, -0.25) is 0 Å². The Morgan fingerprint density at radius 3 is 2.55 bits per heavy atom. The number of rotatable bonds is 7. The molecule has 0 bridgehead atoms. The number of hydrogen-bond donors (Lipinski definition) is 0. The van der Waals surface area contributed by atoms with Crippen LogP contribution >= 0.6 is 11.3 Å². The topological polar surface area (TPSA) is 68.7 Å². The molecule has 1 saturated heterocycles. The van der Waals surface area contributed by atoms with E-state index in [1.165, 1.54) is 30.9 Å². The van der Waals surface area contributed by atoms with E-state index in [0.29, 0.717) is 37.4 Å². The minimum Gasteiger partial charge on any atom is -0.497 e. The van der Waals surface area contributed by atoms with Gasteiger partial charge >= 0.3 is 0 Å². The number of thiazole rings is 1. The predicted molar refractivity (Wildman–Crippen MR) is 133 cm³/mol. The standard InChI is InChI=1S/C25H30N2O4S2/c1-17-6-5-7-19(18(17)2)14-20-16-32-25(26-20)27-12-10-22(11-13-27)33(28,29)24-15-21(30-3)8-9-23(24)31-4/h5-9,15-16,22H,10-14H2,1-4H3. The number of nitrogens with zero attached hydrogens (tertiary/aromatic N) is 2. The Labute approximate surface area is 200 Å². The molecule has 33 heavy (non-hydrogen) atoms. The third-order valence-electron chi connectivity index (χ3n) is 6.46. The molecule has 4 rings (SSSR count). The van der Waals surface area contributed by atoms with Gasteiger partial charge in [0.15, 0.2) is 15.0 Å². The lowest BCUT2D eigenvalue weighted by atomic mass is 10.0. The smallest absolute Gasteiger partial charge is 0.185 e. The first-order valence-electron chi connectivity index (χ1n) is 11.0. The zero-order valence-electron chi connectivity index (χ0n) is 19.5. The first-order valence-corrected chi connectivity index (χ1v) is 13.5. The molecule has 2 heterocycles. The van der Waals surface area contributed by atoms with Crippen LogP contribution in [0.3, 0.4) is 0 Å². The molecule has 0 amide bonds. The molecule has 1 fully saturated rings. The molecule has 8 heteroatoms. The van der Waals surface area contributed by atoms with Crippen LogP contribution in [0.15, 0.2) is 46.7 Å². The van der Waals surface area contributed by atoms with Crippen LogP contribution in [0.2, 0.25) is 0 Å². The largest absolute Gasteiger partial charge is 0.497 e. The summed E-state index contributed by atoms with van der Waals surface area (Å²) in [4.78, 5) is 7.26. The van der Waals surface area contributed by atoms with Crippen LogP contribution in [0.1, 0.15) is 35.2 Å². The summed E-state index contributed by atoms with van der Waals surface area (Å²) in [6.07, 6.45) is 1.91. The number of benzene rings is 2. The minimum atomic E-state index is -3.54. The van der Waals surface area contributed by atoms with Crippen LogP contribution in [0, 0.1) is 13.8 Å². The van der Waals surface area contributed by atoms with Gasteiger partial charge in [0.2, 0.25) is 0 Å². The van der Waals surface area contributed by atoms with E-state index < -0.39 is 15.1 Å². The number of aromatic nitrogens is 1. The van der Waals surface area contributed by atoms with Crippen LogP contribution in [-0.4, -0.2) is 46.0 Å². The van der Waals surface area contributed by atoms with Gasteiger partial charge in [-0.25, -0.2) is 13.4 Å². The van der Waals surface area contributed by atoms with E-state index in [2.05, 4.69) is 42.3 Å². The molecule has 0 unspecified atom stereocenters. The highest BCUT2D eigenvalue weighted by molar-refractivity contribution is 7.92. The SMILES string of the molecule is COc1ccc(OC)c(S(=O)(=O)C2CCN(c3nc(Cc4cccc(C)c4C)cs3)CC2)c1. The summed E-state index contributed by atoms with van der Waals surface area (Å²) in [7, 11) is -0.521. The Morgan fingerprint density at radius 2 is 1.85 bits per heavy atom. The summed E-state index contributed by atoms with van der Waals surface area (Å²) >= 11 is 1.63. The molecule has 6 nitrogen and oxygen atoms in total. The third-order valence-corrected chi connectivity index (χ3v) is 9.69. The molecular formula is C25H30N2O4S2. The van der Waals surface area contributed by atoms with Crippen molar-refractivity contribution < 1.29 is 17.9 Å². The lowest BCUT2D eigenvalue weighted by Gasteiger charge is -2.31. The normalized spacial score (nSPS) is 15.0. The lowest BCUT2D eigenvalue weighted by Crippen LogP contribution is -2.39. The zero-order valence-corrected chi connectivity index (χ0v) is 21.1. The highest BCUT2D eigenvalue weighted by Gasteiger charge is 2.34. The van der Waals surface area contributed by atoms with Gasteiger partial charge in [0, 0.05) is 31.0 Å². The maximum Gasteiger partial charge on any atom is 0.185 e. The third kappa shape index (κ3) is 4.87. The van der Waals surface area contributed by atoms with Crippen molar-refractivity contribution in [3.8, 4) is 11.5 Å². The fourth-order valence-electron chi connectivity index (χ4n) is 4.26. The molecule has 3 aromatic rings. The fourth-order valence-corrected chi connectivity index (χ4v) is 7.05. The molecule has 0 radical (unpaired) electrons. The van der Waals surface area contributed by atoms with E-state index in [1.807, 2.05) is 0 Å². The maximum atomic E-state index is 13.4. The quantitative estimate of drug-likeness (QED) is 0.477. The van der Waals surface area contributed by atoms with Crippen LogP contribution < -0.4 is 14.4 Å². The molecule has 1 aromatic heterocycles. The molecule has 176 valence electrons. The average molecular weight is 487 g/mol. The summed E-state index contributed by atoms with van der Waals surface area (Å²) in [5.74, 6) is 0.861. The number of anilines is 1. The van der Waals surface area contributed by atoms with Gasteiger partial charge in [0.05, 0.1) is 25.2 Å². The maximum absolute atomic E-state index is 13.4. The molecular weight excluding hydrogens is 456 g/mol. The number of aryl methyl sites for hydroxylation is 1. The van der Waals surface area contributed by atoms with Crippen molar-refractivity contribution in [3.63, 3.8) is 0 Å². The van der Waals surface area contributed by atoms with Crippen LogP contribution in [0.25, 0.3) is 0 Å². The van der Waals surface area contributed by atoms with E-state index in [4.69, 9.17) is 14.5 Å². The van der Waals surface area contributed by atoms with Gasteiger partial charge < -0.3 is 14.4 Å². The Hall–Kier alpha value is -2.58. The second-order valence-electron chi connectivity index (χ2n) is 8.41. The minimum absolute atomic E-state index is 0.202. The molecule has 1 aliphatic rings. The van der Waals surface area contributed by atoms with Crippen molar-refractivity contribution in [1.29, 1.82) is 0 Å². The molecule has 1 aliphatic heterocycles. The Kier molecular flexibility index (Phi) is 6.95. The Morgan fingerprint density at radius 1 is 1.09 bits per heavy atom. The highest BCUT2D eigenvalue weighted by Crippen LogP contribution is 2.35. The second kappa shape index (κ2) is 9.73.